The molecule has 0 aromatic carbocycles. The van der Waals surface area contributed by atoms with Crippen LogP contribution in [0, 0.1) is 5.92 Å². The summed E-state index contributed by atoms with van der Waals surface area (Å²) in [5, 5.41) is 22.4. The highest BCUT2D eigenvalue weighted by Gasteiger charge is 2.26. The monoisotopic (exact) mass is 286 g/mol. The number of rotatable bonds is 6. The molecule has 1 rings (SSSR count). The Bertz CT molecular complexity index is 372. The fraction of sp³-hybridized carbons (Fsp3) is 0.769. The van der Waals surface area contributed by atoms with Crippen molar-refractivity contribution < 1.29 is 24.6 Å². The molecular weight excluding hydrogens is 264 g/mol. The number of hydrogen-bond acceptors (Lipinski definition) is 3. The van der Waals surface area contributed by atoms with Gasteiger partial charge in [-0.25, -0.2) is 9.59 Å². The van der Waals surface area contributed by atoms with Gasteiger partial charge >= 0.3 is 18.0 Å². The maximum atomic E-state index is 11.7. The molecule has 0 bridgehead atoms. The second-order valence-electron chi connectivity index (χ2n) is 5.24. The van der Waals surface area contributed by atoms with Gasteiger partial charge in [0.15, 0.2) is 0 Å². The van der Waals surface area contributed by atoms with E-state index in [1.807, 2.05) is 0 Å². The maximum Gasteiger partial charge on any atom is 0.326 e. The first-order valence-corrected chi connectivity index (χ1v) is 6.94. The van der Waals surface area contributed by atoms with Crippen LogP contribution in [-0.2, 0) is 9.59 Å². The number of nitrogens with one attached hydrogen (secondary N) is 2. The molecular formula is C13H22N2O5. The standard InChI is InChI=1S/C13H22N2O5/c1-2-8-4-3-5-9(6-8)14-13(20)15-10(12(18)19)7-11(16)17/h8-10H,2-7H2,1H3,(H,16,17)(H,18,19)(H2,14,15,20)/t8?,9?,10-/m1/s1. The lowest BCUT2D eigenvalue weighted by Gasteiger charge is -2.29. The van der Waals surface area contributed by atoms with Gasteiger partial charge in [0.1, 0.15) is 6.04 Å². The smallest absolute Gasteiger partial charge is 0.326 e. The van der Waals surface area contributed by atoms with Gasteiger partial charge in [0.2, 0.25) is 0 Å². The first-order valence-electron chi connectivity index (χ1n) is 6.94. The van der Waals surface area contributed by atoms with Crippen LogP contribution in [-0.4, -0.2) is 40.3 Å². The molecule has 0 aliphatic heterocycles. The van der Waals surface area contributed by atoms with Crippen molar-refractivity contribution in [1.29, 1.82) is 0 Å². The van der Waals surface area contributed by atoms with E-state index < -0.39 is 30.4 Å². The van der Waals surface area contributed by atoms with Gasteiger partial charge in [0, 0.05) is 6.04 Å². The molecule has 1 saturated carbocycles. The van der Waals surface area contributed by atoms with Crippen LogP contribution in [0.3, 0.4) is 0 Å². The van der Waals surface area contributed by atoms with Gasteiger partial charge in [0.25, 0.3) is 0 Å². The van der Waals surface area contributed by atoms with E-state index in [-0.39, 0.29) is 6.04 Å². The van der Waals surface area contributed by atoms with Gasteiger partial charge in [-0.3, -0.25) is 4.79 Å². The summed E-state index contributed by atoms with van der Waals surface area (Å²) in [6.45, 7) is 2.11. The third-order valence-electron chi connectivity index (χ3n) is 3.68. The number of aliphatic carboxylic acids is 2. The van der Waals surface area contributed by atoms with E-state index in [0.717, 1.165) is 32.1 Å². The maximum absolute atomic E-state index is 11.7. The summed E-state index contributed by atoms with van der Waals surface area (Å²) in [5.74, 6) is -2.03. The molecule has 2 amide bonds. The summed E-state index contributed by atoms with van der Waals surface area (Å²) in [6.07, 6.45) is 4.40. The lowest BCUT2D eigenvalue weighted by Crippen LogP contribution is -2.50. The number of carbonyl (C=O) groups excluding carboxylic acids is 1. The summed E-state index contributed by atoms with van der Waals surface area (Å²) in [4.78, 5) is 33.1. The lowest BCUT2D eigenvalue weighted by atomic mass is 9.84. The zero-order chi connectivity index (χ0) is 15.1. The fourth-order valence-electron chi connectivity index (χ4n) is 2.55. The average molecular weight is 286 g/mol. The predicted molar refractivity (Wildman–Crippen MR) is 71.4 cm³/mol. The minimum atomic E-state index is -1.40. The summed E-state index contributed by atoms with van der Waals surface area (Å²) >= 11 is 0. The zero-order valence-electron chi connectivity index (χ0n) is 11.6. The van der Waals surface area contributed by atoms with Crippen LogP contribution in [0.1, 0.15) is 45.4 Å². The lowest BCUT2D eigenvalue weighted by molar-refractivity contribution is -0.145. The van der Waals surface area contributed by atoms with Crippen LogP contribution >= 0.6 is 0 Å². The number of carbonyl (C=O) groups is 3. The van der Waals surface area contributed by atoms with Gasteiger partial charge in [0.05, 0.1) is 6.42 Å². The highest BCUT2D eigenvalue weighted by atomic mass is 16.4. The topological polar surface area (TPSA) is 116 Å². The first-order chi connectivity index (χ1) is 9.42. The third-order valence-corrected chi connectivity index (χ3v) is 3.68. The molecule has 0 spiro atoms. The van der Waals surface area contributed by atoms with E-state index in [1.165, 1.54) is 0 Å². The molecule has 0 aromatic heterocycles. The molecule has 0 saturated heterocycles. The van der Waals surface area contributed by atoms with E-state index in [0.29, 0.717) is 5.92 Å². The SMILES string of the molecule is CCC1CCCC(NC(=O)N[C@H](CC(=O)O)C(=O)O)C1. The van der Waals surface area contributed by atoms with Crippen molar-refractivity contribution in [3.8, 4) is 0 Å². The average Bonchev–Trinajstić information content (AvgIpc) is 2.37. The van der Waals surface area contributed by atoms with Crippen LogP contribution in [0.4, 0.5) is 4.79 Å². The number of carboxylic acid groups (broad SMARTS) is 2. The largest absolute Gasteiger partial charge is 0.481 e. The Labute approximate surface area is 117 Å². The second-order valence-corrected chi connectivity index (χ2v) is 5.24. The Kier molecular flexibility index (Phi) is 6.27. The van der Waals surface area contributed by atoms with E-state index in [2.05, 4.69) is 17.6 Å². The van der Waals surface area contributed by atoms with Crippen molar-refractivity contribution in [1.82, 2.24) is 10.6 Å². The van der Waals surface area contributed by atoms with Gasteiger partial charge in [-0.2, -0.15) is 0 Å². The molecule has 20 heavy (non-hydrogen) atoms. The minimum absolute atomic E-state index is 0.0352. The summed E-state index contributed by atoms with van der Waals surface area (Å²) in [6, 6.07) is -1.98. The van der Waals surface area contributed by atoms with E-state index >= 15 is 0 Å². The molecule has 2 unspecified atom stereocenters. The molecule has 1 aliphatic rings. The second kappa shape index (κ2) is 7.72. The molecule has 1 fully saturated rings. The highest BCUT2D eigenvalue weighted by Crippen LogP contribution is 2.26. The third kappa shape index (κ3) is 5.46. The number of urea groups is 1. The van der Waals surface area contributed by atoms with E-state index in [9.17, 15) is 14.4 Å². The molecule has 7 nitrogen and oxygen atoms in total. The Morgan fingerprint density at radius 2 is 1.95 bits per heavy atom. The van der Waals surface area contributed by atoms with Crippen molar-refractivity contribution in [2.75, 3.05) is 0 Å². The van der Waals surface area contributed by atoms with Crippen LogP contribution in [0.25, 0.3) is 0 Å². The van der Waals surface area contributed by atoms with Gasteiger partial charge < -0.3 is 20.8 Å². The normalized spacial score (nSPS) is 23.6. The van der Waals surface area contributed by atoms with Crippen molar-refractivity contribution >= 4 is 18.0 Å². The molecule has 114 valence electrons. The molecule has 3 atom stereocenters. The van der Waals surface area contributed by atoms with Crippen LogP contribution in [0.15, 0.2) is 0 Å². The Balaban J connectivity index is 2.44. The zero-order valence-corrected chi connectivity index (χ0v) is 11.6. The first kappa shape index (κ1) is 16.3. The fourth-order valence-corrected chi connectivity index (χ4v) is 2.55. The molecule has 4 N–H and O–H groups in total. The Morgan fingerprint density at radius 3 is 2.50 bits per heavy atom. The molecule has 0 aromatic rings. The molecule has 0 heterocycles. The quantitative estimate of drug-likeness (QED) is 0.585. The van der Waals surface area contributed by atoms with E-state index in [1.54, 1.807) is 0 Å². The van der Waals surface area contributed by atoms with Gasteiger partial charge in [-0.1, -0.05) is 26.2 Å². The van der Waals surface area contributed by atoms with E-state index in [4.69, 9.17) is 10.2 Å². The number of amides is 2. The Hall–Kier alpha value is -1.79. The van der Waals surface area contributed by atoms with Gasteiger partial charge in [-0.05, 0) is 18.8 Å². The van der Waals surface area contributed by atoms with Crippen molar-refractivity contribution in [3.63, 3.8) is 0 Å². The Morgan fingerprint density at radius 1 is 1.25 bits per heavy atom. The van der Waals surface area contributed by atoms with Crippen LogP contribution < -0.4 is 10.6 Å². The summed E-state index contributed by atoms with van der Waals surface area (Å²) in [7, 11) is 0. The minimum Gasteiger partial charge on any atom is -0.481 e. The van der Waals surface area contributed by atoms with Crippen LogP contribution in [0.2, 0.25) is 0 Å². The molecule has 7 heteroatoms. The summed E-state index contributed by atoms with van der Waals surface area (Å²) < 4.78 is 0. The predicted octanol–water partition coefficient (Wildman–Crippen LogP) is 1.18. The summed E-state index contributed by atoms with van der Waals surface area (Å²) in [5.41, 5.74) is 0. The van der Waals surface area contributed by atoms with Crippen molar-refractivity contribution in [2.45, 2.75) is 57.5 Å². The molecule has 0 radical (unpaired) electrons. The van der Waals surface area contributed by atoms with Gasteiger partial charge in [-0.15, -0.1) is 0 Å². The van der Waals surface area contributed by atoms with Crippen molar-refractivity contribution in [2.24, 2.45) is 5.92 Å². The molecule has 1 aliphatic carbocycles. The number of carboxylic acids is 2. The number of hydrogen-bond donors (Lipinski definition) is 4. The van der Waals surface area contributed by atoms with Crippen LogP contribution in [0.5, 0.6) is 0 Å². The highest BCUT2D eigenvalue weighted by molar-refractivity contribution is 5.86. The van der Waals surface area contributed by atoms with Crippen molar-refractivity contribution in [3.05, 3.63) is 0 Å².